The van der Waals surface area contributed by atoms with Crippen LogP contribution in [0.15, 0.2) is 53.4 Å². The number of nitrogens with one attached hydrogen (secondary N) is 1. The van der Waals surface area contributed by atoms with E-state index in [-0.39, 0.29) is 29.2 Å². The predicted molar refractivity (Wildman–Crippen MR) is 147 cm³/mol. The molecular formula is C30H39N3O4S. The lowest BCUT2D eigenvalue weighted by Crippen LogP contribution is -2.50. The number of piperidine rings is 1. The maximum Gasteiger partial charge on any atom is 0.251 e. The fourth-order valence-electron chi connectivity index (χ4n) is 6.53. The summed E-state index contributed by atoms with van der Waals surface area (Å²) in [5, 5.41) is 3.15. The summed E-state index contributed by atoms with van der Waals surface area (Å²) in [6, 6.07) is 14.6. The molecule has 3 fully saturated rings. The fraction of sp³-hybridized carbons (Fsp3) is 0.533. The summed E-state index contributed by atoms with van der Waals surface area (Å²) in [6.07, 6.45) is 6.06. The van der Waals surface area contributed by atoms with Gasteiger partial charge in [-0.3, -0.25) is 9.59 Å². The first-order chi connectivity index (χ1) is 18.2. The maximum absolute atomic E-state index is 13.7. The number of hydrogen-bond donors (Lipinski definition) is 1. The molecule has 0 radical (unpaired) electrons. The molecule has 2 aliphatic heterocycles. The van der Waals surface area contributed by atoms with Crippen molar-refractivity contribution in [2.75, 3.05) is 26.2 Å². The molecule has 1 saturated carbocycles. The third-order valence-electron chi connectivity index (χ3n) is 8.93. The molecule has 0 bridgehead atoms. The van der Waals surface area contributed by atoms with Crippen LogP contribution in [-0.2, 0) is 14.8 Å². The maximum atomic E-state index is 13.7. The van der Waals surface area contributed by atoms with E-state index in [0.29, 0.717) is 36.6 Å². The second-order valence-electron chi connectivity index (χ2n) is 11.5. The van der Waals surface area contributed by atoms with Gasteiger partial charge in [0.05, 0.1) is 10.8 Å². The molecule has 2 heterocycles. The molecule has 5 rings (SSSR count). The van der Waals surface area contributed by atoms with Crippen molar-refractivity contribution in [3.63, 3.8) is 0 Å². The third kappa shape index (κ3) is 5.38. The van der Waals surface area contributed by atoms with Crippen LogP contribution in [0.5, 0.6) is 0 Å². The molecule has 1 spiro atoms. The van der Waals surface area contributed by atoms with Gasteiger partial charge in [0, 0.05) is 37.8 Å². The Morgan fingerprint density at radius 3 is 2.34 bits per heavy atom. The Balaban J connectivity index is 1.21. The molecule has 0 unspecified atom stereocenters. The largest absolute Gasteiger partial charge is 0.349 e. The first-order valence-corrected chi connectivity index (χ1v) is 15.3. The van der Waals surface area contributed by atoms with Crippen molar-refractivity contribution in [1.29, 1.82) is 0 Å². The van der Waals surface area contributed by atoms with Crippen molar-refractivity contribution < 1.29 is 18.0 Å². The number of likely N-dealkylation sites (tertiary alicyclic amines) is 1. The van der Waals surface area contributed by atoms with Gasteiger partial charge in [0.1, 0.15) is 0 Å². The molecule has 1 aliphatic carbocycles. The van der Waals surface area contributed by atoms with Gasteiger partial charge in [-0.05, 0) is 80.7 Å². The van der Waals surface area contributed by atoms with Crippen LogP contribution in [0.3, 0.4) is 0 Å². The summed E-state index contributed by atoms with van der Waals surface area (Å²) < 4.78 is 28.4. The van der Waals surface area contributed by atoms with Gasteiger partial charge in [0.2, 0.25) is 15.9 Å². The van der Waals surface area contributed by atoms with Crippen molar-refractivity contribution in [3.05, 3.63) is 65.2 Å². The SMILES string of the molecule is Cc1ccc(C)c(S(=O)(=O)N2CCC3(CCN(C(=O)[C@H]4CCCC[C@H]4NC(=O)c4ccccc4)C3)CC2)c1. The van der Waals surface area contributed by atoms with Crippen molar-refractivity contribution >= 4 is 21.8 Å². The molecule has 1 N–H and O–H groups in total. The van der Waals surface area contributed by atoms with E-state index in [1.165, 1.54) is 0 Å². The lowest BCUT2D eigenvalue weighted by molar-refractivity contribution is -0.136. The van der Waals surface area contributed by atoms with E-state index in [0.717, 1.165) is 56.1 Å². The normalized spacial score (nSPS) is 23.9. The molecule has 2 aromatic carbocycles. The summed E-state index contributed by atoms with van der Waals surface area (Å²) in [5.74, 6) is -0.174. The molecular weight excluding hydrogens is 498 g/mol. The number of carbonyl (C=O) groups excluding carboxylic acids is 2. The lowest BCUT2D eigenvalue weighted by atomic mass is 9.78. The monoisotopic (exact) mass is 537 g/mol. The minimum Gasteiger partial charge on any atom is -0.349 e. The smallest absolute Gasteiger partial charge is 0.251 e. The topological polar surface area (TPSA) is 86.8 Å². The Hall–Kier alpha value is -2.71. The van der Waals surface area contributed by atoms with E-state index in [9.17, 15) is 18.0 Å². The first-order valence-electron chi connectivity index (χ1n) is 13.9. The summed E-state index contributed by atoms with van der Waals surface area (Å²) in [5.41, 5.74) is 2.30. The highest BCUT2D eigenvalue weighted by Crippen LogP contribution is 2.42. The second-order valence-corrected chi connectivity index (χ2v) is 13.4. The average Bonchev–Trinajstić information content (AvgIpc) is 3.34. The second kappa shape index (κ2) is 10.8. The fourth-order valence-corrected chi connectivity index (χ4v) is 8.28. The van der Waals surface area contributed by atoms with E-state index in [1.807, 2.05) is 49.1 Å². The van der Waals surface area contributed by atoms with Gasteiger partial charge in [0.15, 0.2) is 0 Å². The van der Waals surface area contributed by atoms with Gasteiger partial charge in [-0.15, -0.1) is 0 Å². The zero-order valence-corrected chi connectivity index (χ0v) is 23.3. The van der Waals surface area contributed by atoms with Gasteiger partial charge in [0.25, 0.3) is 5.91 Å². The van der Waals surface area contributed by atoms with Crippen LogP contribution in [0.1, 0.15) is 66.4 Å². The number of nitrogens with zero attached hydrogens (tertiary/aromatic N) is 2. The van der Waals surface area contributed by atoms with E-state index in [2.05, 4.69) is 5.32 Å². The summed E-state index contributed by atoms with van der Waals surface area (Å²) >= 11 is 0. The molecule has 2 amide bonds. The number of benzene rings is 2. The number of aryl methyl sites for hydroxylation is 2. The predicted octanol–water partition coefficient (Wildman–Crippen LogP) is 4.30. The van der Waals surface area contributed by atoms with Gasteiger partial charge >= 0.3 is 0 Å². The summed E-state index contributed by atoms with van der Waals surface area (Å²) in [6.45, 7) is 6.11. The summed E-state index contributed by atoms with van der Waals surface area (Å²) in [4.78, 5) is 28.9. The van der Waals surface area contributed by atoms with Crippen LogP contribution in [0.2, 0.25) is 0 Å². The van der Waals surface area contributed by atoms with Crippen LogP contribution < -0.4 is 5.32 Å². The minimum atomic E-state index is -3.54. The number of hydrogen-bond acceptors (Lipinski definition) is 4. The molecule has 2 saturated heterocycles. The molecule has 3 aliphatic rings. The Morgan fingerprint density at radius 1 is 0.921 bits per heavy atom. The zero-order valence-electron chi connectivity index (χ0n) is 22.5. The van der Waals surface area contributed by atoms with Gasteiger partial charge < -0.3 is 10.2 Å². The van der Waals surface area contributed by atoms with Crippen LogP contribution in [0.4, 0.5) is 0 Å². The Labute approximate surface area is 226 Å². The number of carbonyl (C=O) groups is 2. The van der Waals surface area contributed by atoms with E-state index in [1.54, 1.807) is 22.5 Å². The molecule has 2 atom stereocenters. The number of amides is 2. The first kappa shape index (κ1) is 26.9. The molecule has 8 heteroatoms. The van der Waals surface area contributed by atoms with E-state index >= 15 is 0 Å². The van der Waals surface area contributed by atoms with Crippen LogP contribution >= 0.6 is 0 Å². The molecule has 7 nitrogen and oxygen atoms in total. The van der Waals surface area contributed by atoms with Crippen molar-refractivity contribution in [3.8, 4) is 0 Å². The molecule has 0 aromatic heterocycles. The number of rotatable bonds is 5. The molecule has 2 aromatic rings. The van der Waals surface area contributed by atoms with Gasteiger partial charge in [-0.1, -0.05) is 43.2 Å². The molecule has 204 valence electrons. The van der Waals surface area contributed by atoms with Crippen LogP contribution in [0.25, 0.3) is 0 Å². The quantitative estimate of drug-likeness (QED) is 0.616. The molecule has 38 heavy (non-hydrogen) atoms. The standard InChI is InChI=1S/C30H39N3O4S/c1-22-12-13-23(2)27(20-22)38(36,37)33-18-15-30(16-19-33)14-17-32(21-30)29(35)25-10-6-7-11-26(25)31-28(34)24-8-4-3-5-9-24/h3-5,8-9,12-13,20,25-26H,6-7,10-11,14-19,21H2,1-2H3,(H,31,34)/t25-,26+/m0/s1. The summed E-state index contributed by atoms with van der Waals surface area (Å²) in [7, 11) is -3.54. The van der Waals surface area contributed by atoms with E-state index < -0.39 is 10.0 Å². The van der Waals surface area contributed by atoms with E-state index in [4.69, 9.17) is 0 Å². The van der Waals surface area contributed by atoms with Crippen molar-refractivity contribution in [2.24, 2.45) is 11.3 Å². The highest BCUT2D eigenvalue weighted by molar-refractivity contribution is 7.89. The van der Waals surface area contributed by atoms with Crippen LogP contribution in [-0.4, -0.2) is 61.7 Å². The number of sulfonamides is 1. The zero-order chi connectivity index (χ0) is 26.9. The van der Waals surface area contributed by atoms with Gasteiger partial charge in [-0.2, -0.15) is 4.31 Å². The van der Waals surface area contributed by atoms with Crippen molar-refractivity contribution in [2.45, 2.75) is 69.7 Å². The van der Waals surface area contributed by atoms with Crippen molar-refractivity contribution in [1.82, 2.24) is 14.5 Å². The Bertz CT molecular complexity index is 1290. The highest BCUT2D eigenvalue weighted by Gasteiger charge is 2.46. The average molecular weight is 538 g/mol. The Morgan fingerprint density at radius 2 is 1.61 bits per heavy atom. The Kier molecular flexibility index (Phi) is 7.65. The highest BCUT2D eigenvalue weighted by atomic mass is 32.2. The lowest BCUT2D eigenvalue weighted by Gasteiger charge is -2.39. The minimum absolute atomic E-state index is 0.0270. The van der Waals surface area contributed by atoms with Crippen LogP contribution in [0, 0.1) is 25.2 Å². The third-order valence-corrected chi connectivity index (χ3v) is 11.0. The van der Waals surface area contributed by atoms with Gasteiger partial charge in [-0.25, -0.2) is 8.42 Å².